The summed E-state index contributed by atoms with van der Waals surface area (Å²) in [5.41, 5.74) is 8.85. The fraction of sp³-hybridized carbons (Fsp3) is 0. The van der Waals surface area contributed by atoms with Gasteiger partial charge in [-0.1, -0.05) is 48.5 Å². The highest BCUT2D eigenvalue weighted by Crippen LogP contribution is 2.39. The quantitative estimate of drug-likeness (QED) is 0.229. The van der Waals surface area contributed by atoms with Gasteiger partial charge in [-0.05, 0) is 77.9 Å². The van der Waals surface area contributed by atoms with Gasteiger partial charge in [0, 0.05) is 43.5 Å². The lowest BCUT2D eigenvalue weighted by Gasteiger charge is -2.09. The normalized spacial score (nSPS) is 12.1. The number of hydrogen-bond donors (Lipinski definition) is 0. The van der Waals surface area contributed by atoms with E-state index in [9.17, 15) is 0 Å². The van der Waals surface area contributed by atoms with Crippen molar-refractivity contribution in [1.29, 1.82) is 0 Å². The van der Waals surface area contributed by atoms with Crippen LogP contribution in [0.1, 0.15) is 0 Å². The maximum absolute atomic E-state index is 6.07. The molecular formula is C35H20N2OS. The van der Waals surface area contributed by atoms with E-state index in [4.69, 9.17) is 9.40 Å². The third-order valence-corrected chi connectivity index (χ3v) is 8.97. The number of nitrogens with zero attached hydrogens (tertiary/aromatic N) is 2. The molecule has 0 fully saturated rings. The molecule has 3 nitrogen and oxygen atoms in total. The average molecular weight is 517 g/mol. The summed E-state index contributed by atoms with van der Waals surface area (Å²) in [6.45, 7) is 0. The molecule has 9 rings (SSSR count). The van der Waals surface area contributed by atoms with E-state index in [1.807, 2.05) is 24.4 Å². The van der Waals surface area contributed by atoms with Crippen molar-refractivity contribution in [3.8, 4) is 16.8 Å². The van der Waals surface area contributed by atoms with E-state index in [0.717, 1.165) is 33.1 Å². The summed E-state index contributed by atoms with van der Waals surface area (Å²) in [5, 5.41) is 6.00. The SMILES string of the molecule is c1ccc2c(c1)oc1ccc(-c3ccc4c(c3)c3ccccc3n4-c3ccc4sc5cccnc5c4c3)cc12. The predicted molar refractivity (Wildman–Crippen MR) is 164 cm³/mol. The molecule has 0 spiro atoms. The van der Waals surface area contributed by atoms with Crippen molar-refractivity contribution in [2.24, 2.45) is 0 Å². The maximum Gasteiger partial charge on any atom is 0.135 e. The van der Waals surface area contributed by atoms with Gasteiger partial charge in [0.2, 0.25) is 0 Å². The van der Waals surface area contributed by atoms with Crippen LogP contribution in [0.2, 0.25) is 0 Å². The second kappa shape index (κ2) is 7.79. The molecule has 39 heavy (non-hydrogen) atoms. The number of fused-ring (bicyclic) bond motifs is 9. The summed E-state index contributed by atoms with van der Waals surface area (Å²) in [4.78, 5) is 4.69. The van der Waals surface area contributed by atoms with Crippen LogP contribution in [0, 0.1) is 0 Å². The number of para-hydroxylation sites is 2. The van der Waals surface area contributed by atoms with Crippen molar-refractivity contribution in [2.45, 2.75) is 0 Å². The number of rotatable bonds is 2. The largest absolute Gasteiger partial charge is 0.456 e. The number of aromatic nitrogens is 2. The summed E-state index contributed by atoms with van der Waals surface area (Å²) < 4.78 is 10.9. The van der Waals surface area contributed by atoms with Crippen LogP contribution in [-0.4, -0.2) is 9.55 Å². The van der Waals surface area contributed by atoms with Gasteiger partial charge in [0.25, 0.3) is 0 Å². The van der Waals surface area contributed by atoms with E-state index < -0.39 is 0 Å². The van der Waals surface area contributed by atoms with Crippen molar-refractivity contribution < 1.29 is 4.42 Å². The molecule has 0 bridgehead atoms. The number of thiophene rings is 1. The van der Waals surface area contributed by atoms with Gasteiger partial charge >= 0.3 is 0 Å². The van der Waals surface area contributed by atoms with E-state index in [-0.39, 0.29) is 0 Å². The summed E-state index contributed by atoms with van der Waals surface area (Å²) in [6.07, 6.45) is 1.88. The molecule has 4 heterocycles. The van der Waals surface area contributed by atoms with Crippen LogP contribution in [0.5, 0.6) is 0 Å². The minimum Gasteiger partial charge on any atom is -0.456 e. The third kappa shape index (κ3) is 3.01. The molecule has 182 valence electrons. The Hall–Kier alpha value is -4.93. The van der Waals surface area contributed by atoms with Gasteiger partial charge < -0.3 is 8.98 Å². The Kier molecular flexibility index (Phi) is 4.21. The topological polar surface area (TPSA) is 31.0 Å². The van der Waals surface area contributed by atoms with E-state index >= 15 is 0 Å². The van der Waals surface area contributed by atoms with E-state index in [2.05, 4.69) is 102 Å². The van der Waals surface area contributed by atoms with Crippen LogP contribution in [0.4, 0.5) is 0 Å². The number of hydrogen-bond acceptors (Lipinski definition) is 3. The molecule has 0 aliphatic rings. The van der Waals surface area contributed by atoms with Gasteiger partial charge in [-0.2, -0.15) is 0 Å². The predicted octanol–water partition coefficient (Wildman–Crippen LogP) is 10.1. The smallest absolute Gasteiger partial charge is 0.135 e. The van der Waals surface area contributed by atoms with Crippen LogP contribution in [0.3, 0.4) is 0 Å². The van der Waals surface area contributed by atoms with Crippen molar-refractivity contribution in [1.82, 2.24) is 9.55 Å². The van der Waals surface area contributed by atoms with Gasteiger partial charge in [0.1, 0.15) is 11.2 Å². The van der Waals surface area contributed by atoms with Gasteiger partial charge in [-0.15, -0.1) is 11.3 Å². The van der Waals surface area contributed by atoms with E-state index in [1.165, 1.54) is 47.7 Å². The average Bonchev–Trinajstić information content (AvgIpc) is 3.65. The summed E-state index contributed by atoms with van der Waals surface area (Å²) >= 11 is 1.80. The van der Waals surface area contributed by atoms with Crippen molar-refractivity contribution in [2.75, 3.05) is 0 Å². The van der Waals surface area contributed by atoms with Gasteiger partial charge in [0.05, 0.1) is 21.3 Å². The van der Waals surface area contributed by atoms with Crippen LogP contribution in [0.25, 0.3) is 80.9 Å². The zero-order valence-electron chi connectivity index (χ0n) is 20.8. The molecule has 5 aromatic carbocycles. The molecule has 4 aromatic heterocycles. The fourth-order valence-electron chi connectivity index (χ4n) is 6.06. The molecule has 4 heteroatoms. The lowest BCUT2D eigenvalue weighted by molar-refractivity contribution is 0.669. The summed E-state index contributed by atoms with van der Waals surface area (Å²) in [6, 6.07) is 41.2. The highest BCUT2D eigenvalue weighted by Gasteiger charge is 2.15. The fourth-order valence-corrected chi connectivity index (χ4v) is 7.11. The molecule has 0 unspecified atom stereocenters. The summed E-state index contributed by atoms with van der Waals surface area (Å²) in [7, 11) is 0. The van der Waals surface area contributed by atoms with Gasteiger partial charge in [-0.3, -0.25) is 4.98 Å². The zero-order valence-corrected chi connectivity index (χ0v) is 21.6. The first kappa shape index (κ1) is 21.1. The number of benzene rings is 5. The van der Waals surface area contributed by atoms with Crippen LogP contribution in [-0.2, 0) is 0 Å². The molecule has 0 saturated heterocycles. The molecule has 0 saturated carbocycles. The molecule has 0 N–H and O–H groups in total. The molecular weight excluding hydrogens is 496 g/mol. The number of furan rings is 1. The van der Waals surface area contributed by atoms with Crippen molar-refractivity contribution in [3.05, 3.63) is 121 Å². The molecule has 0 amide bonds. The Balaban J connectivity index is 1.28. The molecule has 0 radical (unpaired) electrons. The Morgan fingerprint density at radius 3 is 2.26 bits per heavy atom. The second-order valence-electron chi connectivity index (χ2n) is 10.0. The van der Waals surface area contributed by atoms with E-state index in [0.29, 0.717) is 0 Å². The first-order chi connectivity index (χ1) is 19.3. The minimum atomic E-state index is 0.920. The Morgan fingerprint density at radius 1 is 0.538 bits per heavy atom. The lowest BCUT2D eigenvalue weighted by atomic mass is 10.0. The van der Waals surface area contributed by atoms with Crippen LogP contribution >= 0.6 is 11.3 Å². The molecule has 0 aliphatic heterocycles. The maximum atomic E-state index is 6.07. The van der Waals surface area contributed by atoms with Crippen molar-refractivity contribution >= 4 is 75.4 Å². The van der Waals surface area contributed by atoms with Crippen molar-refractivity contribution in [3.63, 3.8) is 0 Å². The van der Waals surface area contributed by atoms with Gasteiger partial charge in [0.15, 0.2) is 0 Å². The molecule has 0 aliphatic carbocycles. The standard InChI is InChI=1S/C35H20N2OS/c1-3-8-29-24(6-1)26-18-21(22-12-15-32-27(19-22)25-7-2-4-9-31(25)38-32)11-14-30(26)37(29)23-13-16-33-28(20-23)35-34(39-33)10-5-17-36-35/h1-20H. The Labute approximate surface area is 227 Å². The van der Waals surface area contributed by atoms with Crippen LogP contribution < -0.4 is 0 Å². The Morgan fingerprint density at radius 2 is 1.31 bits per heavy atom. The van der Waals surface area contributed by atoms with Crippen LogP contribution in [0.15, 0.2) is 126 Å². The minimum absolute atomic E-state index is 0.920. The summed E-state index contributed by atoms with van der Waals surface area (Å²) in [5.74, 6) is 0. The number of pyridine rings is 1. The first-order valence-corrected chi connectivity index (χ1v) is 13.9. The highest BCUT2D eigenvalue weighted by atomic mass is 32.1. The second-order valence-corrected chi connectivity index (χ2v) is 11.1. The van der Waals surface area contributed by atoms with Gasteiger partial charge in [-0.25, -0.2) is 0 Å². The zero-order chi connectivity index (χ0) is 25.5. The third-order valence-electron chi connectivity index (χ3n) is 7.85. The van der Waals surface area contributed by atoms with E-state index in [1.54, 1.807) is 11.3 Å². The monoisotopic (exact) mass is 516 g/mol. The highest BCUT2D eigenvalue weighted by molar-refractivity contribution is 7.25. The molecule has 0 atom stereocenters. The lowest BCUT2D eigenvalue weighted by Crippen LogP contribution is -1.93. The molecule has 9 aromatic rings. The Bertz CT molecular complexity index is 2410. The first-order valence-electron chi connectivity index (χ1n) is 13.0.